The number of azide groups is 1. The van der Waals surface area contributed by atoms with E-state index < -0.39 is 6.04 Å². The van der Waals surface area contributed by atoms with E-state index >= 15 is 0 Å². The van der Waals surface area contributed by atoms with Gasteiger partial charge in [0.05, 0.1) is 19.2 Å². The standard InChI is InChI=1S/C21H21FN8O2/c22-18-5-1-15(2-6-18)17-9-10-29(11-17)21(31)16-3-7-20(8-4-16)32-13-19(25-26-23)12-30-14-24-27-28-30/h1-8,14,17,19H,9-13H2/t17-,19?/m0/s1. The normalized spacial score (nSPS) is 16.4. The third kappa shape index (κ3) is 5.19. The van der Waals surface area contributed by atoms with Crippen LogP contribution in [-0.4, -0.2) is 56.8 Å². The van der Waals surface area contributed by atoms with Crippen molar-refractivity contribution in [3.05, 3.63) is 82.2 Å². The molecule has 11 heteroatoms. The molecular weight excluding hydrogens is 415 g/mol. The summed E-state index contributed by atoms with van der Waals surface area (Å²) in [6.07, 6.45) is 2.28. The number of benzene rings is 2. The van der Waals surface area contributed by atoms with E-state index in [1.165, 1.54) is 23.1 Å². The predicted molar refractivity (Wildman–Crippen MR) is 112 cm³/mol. The molecule has 0 spiro atoms. The van der Waals surface area contributed by atoms with E-state index in [1.54, 1.807) is 36.4 Å². The van der Waals surface area contributed by atoms with Crippen molar-refractivity contribution in [1.82, 2.24) is 25.1 Å². The second kappa shape index (κ2) is 9.88. The van der Waals surface area contributed by atoms with Crippen LogP contribution in [0, 0.1) is 5.82 Å². The smallest absolute Gasteiger partial charge is 0.253 e. The number of carbonyl (C=O) groups is 1. The number of aromatic nitrogens is 4. The van der Waals surface area contributed by atoms with Crippen LogP contribution in [-0.2, 0) is 6.54 Å². The van der Waals surface area contributed by atoms with Crippen LogP contribution in [0.3, 0.4) is 0 Å². The van der Waals surface area contributed by atoms with Crippen LogP contribution >= 0.6 is 0 Å². The van der Waals surface area contributed by atoms with Crippen molar-refractivity contribution in [1.29, 1.82) is 0 Å². The fourth-order valence-electron chi connectivity index (χ4n) is 3.70. The lowest BCUT2D eigenvalue weighted by Gasteiger charge is -2.17. The zero-order valence-electron chi connectivity index (χ0n) is 17.2. The molecule has 4 rings (SSSR count). The Hall–Kier alpha value is -3.98. The van der Waals surface area contributed by atoms with E-state index in [2.05, 4.69) is 25.6 Å². The van der Waals surface area contributed by atoms with Gasteiger partial charge in [-0.2, -0.15) is 0 Å². The Bertz CT molecular complexity index is 1080. The van der Waals surface area contributed by atoms with Gasteiger partial charge in [-0.05, 0) is 64.3 Å². The van der Waals surface area contributed by atoms with Gasteiger partial charge in [0.25, 0.3) is 5.91 Å². The molecule has 0 bridgehead atoms. The van der Waals surface area contributed by atoms with Gasteiger partial charge >= 0.3 is 0 Å². The van der Waals surface area contributed by atoms with Crippen LogP contribution in [0.25, 0.3) is 10.4 Å². The lowest BCUT2D eigenvalue weighted by Crippen LogP contribution is -2.28. The van der Waals surface area contributed by atoms with Crippen molar-refractivity contribution in [2.75, 3.05) is 19.7 Å². The van der Waals surface area contributed by atoms with Gasteiger partial charge in [0.15, 0.2) is 0 Å². The number of rotatable bonds is 8. The molecule has 1 aromatic heterocycles. The quantitative estimate of drug-likeness (QED) is 0.305. The highest BCUT2D eigenvalue weighted by Gasteiger charge is 2.28. The largest absolute Gasteiger partial charge is 0.493 e. The number of carbonyl (C=O) groups excluding carboxylic acids is 1. The fraction of sp³-hybridized carbons (Fsp3) is 0.333. The van der Waals surface area contributed by atoms with E-state index in [0.717, 1.165) is 12.0 Å². The van der Waals surface area contributed by atoms with Gasteiger partial charge in [-0.15, -0.1) is 5.10 Å². The molecule has 2 atom stereocenters. The number of amides is 1. The molecule has 1 unspecified atom stereocenters. The minimum absolute atomic E-state index is 0.0493. The number of hydrogen-bond donors (Lipinski definition) is 0. The summed E-state index contributed by atoms with van der Waals surface area (Å²) in [6.45, 7) is 1.69. The average Bonchev–Trinajstić information content (AvgIpc) is 3.50. The van der Waals surface area contributed by atoms with Crippen molar-refractivity contribution in [2.24, 2.45) is 5.11 Å². The molecule has 2 aromatic carbocycles. The van der Waals surface area contributed by atoms with E-state index in [0.29, 0.717) is 24.4 Å². The maximum Gasteiger partial charge on any atom is 0.253 e. The molecule has 10 nitrogen and oxygen atoms in total. The molecule has 0 saturated carbocycles. The number of likely N-dealkylation sites (tertiary alicyclic amines) is 1. The number of hydrogen-bond acceptors (Lipinski definition) is 6. The molecule has 3 aromatic rings. The molecule has 1 amide bonds. The molecular formula is C21H21FN8O2. The van der Waals surface area contributed by atoms with Crippen molar-refractivity contribution < 1.29 is 13.9 Å². The maximum atomic E-state index is 13.1. The number of nitrogens with zero attached hydrogens (tertiary/aromatic N) is 8. The minimum Gasteiger partial charge on any atom is -0.493 e. The first-order valence-electron chi connectivity index (χ1n) is 10.1. The van der Waals surface area contributed by atoms with Crippen molar-refractivity contribution in [3.63, 3.8) is 0 Å². The second-order valence-corrected chi connectivity index (χ2v) is 7.51. The summed E-state index contributed by atoms with van der Waals surface area (Å²) in [7, 11) is 0. The van der Waals surface area contributed by atoms with Crippen LogP contribution in [0.5, 0.6) is 5.75 Å². The van der Waals surface area contributed by atoms with E-state index in [9.17, 15) is 9.18 Å². The maximum absolute atomic E-state index is 13.1. The number of tetrazole rings is 1. The van der Waals surface area contributed by atoms with Crippen LogP contribution in [0.15, 0.2) is 60.0 Å². The van der Waals surface area contributed by atoms with E-state index in [-0.39, 0.29) is 30.8 Å². The average molecular weight is 436 g/mol. The molecule has 0 N–H and O–H groups in total. The molecule has 164 valence electrons. The topological polar surface area (TPSA) is 122 Å². The Morgan fingerprint density at radius 3 is 2.72 bits per heavy atom. The minimum atomic E-state index is -0.488. The van der Waals surface area contributed by atoms with Crippen LogP contribution in [0.2, 0.25) is 0 Å². The highest BCUT2D eigenvalue weighted by Crippen LogP contribution is 2.28. The Morgan fingerprint density at radius 1 is 1.25 bits per heavy atom. The van der Waals surface area contributed by atoms with Gasteiger partial charge in [0, 0.05) is 29.5 Å². The van der Waals surface area contributed by atoms with Gasteiger partial charge in [0.1, 0.15) is 17.9 Å². The molecule has 1 saturated heterocycles. The van der Waals surface area contributed by atoms with Crippen LogP contribution in [0.1, 0.15) is 28.3 Å². The van der Waals surface area contributed by atoms with Gasteiger partial charge in [-0.1, -0.05) is 17.2 Å². The zero-order chi connectivity index (χ0) is 22.3. The molecule has 2 heterocycles. The monoisotopic (exact) mass is 436 g/mol. The SMILES string of the molecule is [N-]=[N+]=NC(COc1ccc(C(=O)N2CC[C@H](c3ccc(F)cc3)C2)cc1)Cn1cnnn1. The summed E-state index contributed by atoms with van der Waals surface area (Å²) in [5.41, 5.74) is 10.4. The second-order valence-electron chi connectivity index (χ2n) is 7.51. The molecule has 0 aliphatic carbocycles. The summed E-state index contributed by atoms with van der Waals surface area (Å²) >= 11 is 0. The van der Waals surface area contributed by atoms with Gasteiger partial charge in [-0.3, -0.25) is 4.79 Å². The molecule has 0 radical (unpaired) electrons. The van der Waals surface area contributed by atoms with Crippen LogP contribution in [0.4, 0.5) is 4.39 Å². The van der Waals surface area contributed by atoms with Gasteiger partial charge in [0.2, 0.25) is 0 Å². The summed E-state index contributed by atoms with van der Waals surface area (Å²) in [5.74, 6) is 0.455. The Labute approximate surface area is 183 Å². The lowest BCUT2D eigenvalue weighted by molar-refractivity contribution is 0.0790. The summed E-state index contributed by atoms with van der Waals surface area (Å²) in [5, 5.41) is 14.5. The first-order valence-corrected chi connectivity index (χ1v) is 10.1. The van der Waals surface area contributed by atoms with Gasteiger partial charge < -0.3 is 9.64 Å². The Balaban J connectivity index is 1.32. The summed E-state index contributed by atoms with van der Waals surface area (Å²) in [6, 6.07) is 12.8. The van der Waals surface area contributed by atoms with Crippen molar-refractivity contribution >= 4 is 5.91 Å². The zero-order valence-corrected chi connectivity index (χ0v) is 17.2. The van der Waals surface area contributed by atoms with Crippen molar-refractivity contribution in [3.8, 4) is 5.75 Å². The Morgan fingerprint density at radius 2 is 2.03 bits per heavy atom. The van der Waals surface area contributed by atoms with Crippen LogP contribution < -0.4 is 4.74 Å². The van der Waals surface area contributed by atoms with Crippen molar-refractivity contribution in [2.45, 2.75) is 24.9 Å². The molecule has 1 aliphatic heterocycles. The van der Waals surface area contributed by atoms with E-state index in [1.807, 2.05) is 4.90 Å². The molecule has 1 fully saturated rings. The molecule has 32 heavy (non-hydrogen) atoms. The third-order valence-electron chi connectivity index (χ3n) is 5.36. The highest BCUT2D eigenvalue weighted by molar-refractivity contribution is 5.94. The molecule has 1 aliphatic rings. The predicted octanol–water partition coefficient (Wildman–Crippen LogP) is 3.20. The lowest BCUT2D eigenvalue weighted by atomic mass is 9.99. The first kappa shape index (κ1) is 21.3. The van der Waals surface area contributed by atoms with E-state index in [4.69, 9.17) is 10.3 Å². The first-order chi connectivity index (χ1) is 15.6. The number of halogens is 1. The third-order valence-corrected chi connectivity index (χ3v) is 5.36. The summed E-state index contributed by atoms with van der Waals surface area (Å²) < 4.78 is 20.3. The fourth-order valence-corrected chi connectivity index (χ4v) is 3.70. The number of ether oxygens (including phenoxy) is 1. The highest BCUT2D eigenvalue weighted by atomic mass is 19.1. The Kier molecular flexibility index (Phi) is 6.57. The van der Waals surface area contributed by atoms with Gasteiger partial charge in [-0.25, -0.2) is 9.07 Å². The summed E-state index contributed by atoms with van der Waals surface area (Å²) in [4.78, 5) is 17.5.